The van der Waals surface area contributed by atoms with Gasteiger partial charge in [-0.15, -0.1) is 0 Å². The van der Waals surface area contributed by atoms with Crippen molar-refractivity contribution in [2.45, 2.75) is 13.1 Å². The lowest BCUT2D eigenvalue weighted by atomic mass is 10.6. The van der Waals surface area contributed by atoms with E-state index < -0.39 is 0 Å². The fourth-order valence-electron chi connectivity index (χ4n) is 0.452. The van der Waals surface area contributed by atoms with E-state index in [0.717, 1.165) is 0 Å². The molecule has 0 saturated heterocycles. The van der Waals surface area contributed by atoms with E-state index in [9.17, 15) is 0 Å². The molecular weight excluding hydrogens is 102 g/mol. The third kappa shape index (κ3) is 4.05. The molecule has 2 N–H and O–H groups in total. The molecule has 0 aliphatic heterocycles. The molecule has 0 aromatic rings. The van der Waals surface area contributed by atoms with Crippen LogP contribution >= 0.6 is 0 Å². The molecule has 0 spiro atoms. The predicted molar refractivity (Wildman–Crippen MR) is 35.3 cm³/mol. The summed E-state index contributed by atoms with van der Waals surface area (Å²) in [7, 11) is 5.85. The van der Waals surface area contributed by atoms with Gasteiger partial charge < -0.3 is 5.32 Å². The zero-order valence-electron chi connectivity index (χ0n) is 6.02. The van der Waals surface area contributed by atoms with Crippen LogP contribution in [0, 0.1) is 0 Å². The molecule has 1 atom stereocenters. The van der Waals surface area contributed by atoms with E-state index in [1.54, 1.807) is 0 Å². The van der Waals surface area contributed by atoms with Gasteiger partial charge in [-0.3, -0.25) is 0 Å². The van der Waals surface area contributed by atoms with Crippen molar-refractivity contribution in [2.24, 2.45) is 0 Å². The number of rotatable bonds is 3. The van der Waals surface area contributed by atoms with Crippen molar-refractivity contribution in [3.63, 3.8) is 0 Å². The second-order valence-electron chi connectivity index (χ2n) is 2.03. The molecular formula is C5H15N3. The van der Waals surface area contributed by atoms with Gasteiger partial charge in [-0.2, -0.15) is 0 Å². The van der Waals surface area contributed by atoms with E-state index in [1.807, 2.05) is 26.2 Å². The highest BCUT2D eigenvalue weighted by Gasteiger charge is 1.93. The SMILES string of the molecule is CNC(C)NN(C)C. The highest BCUT2D eigenvalue weighted by molar-refractivity contribution is 4.46. The number of hydrazine groups is 1. The normalized spacial score (nSPS) is 14.6. The van der Waals surface area contributed by atoms with Gasteiger partial charge >= 0.3 is 0 Å². The maximum Gasteiger partial charge on any atom is 0.0675 e. The Labute approximate surface area is 51.0 Å². The molecule has 0 saturated carbocycles. The lowest BCUT2D eigenvalue weighted by Gasteiger charge is -2.17. The van der Waals surface area contributed by atoms with Gasteiger partial charge in [0, 0.05) is 14.1 Å². The Hall–Kier alpha value is -0.120. The van der Waals surface area contributed by atoms with Crippen molar-refractivity contribution < 1.29 is 0 Å². The quantitative estimate of drug-likeness (QED) is 0.390. The van der Waals surface area contributed by atoms with E-state index in [1.165, 1.54) is 0 Å². The Morgan fingerprint density at radius 3 is 2.00 bits per heavy atom. The van der Waals surface area contributed by atoms with Crippen molar-refractivity contribution in [1.82, 2.24) is 15.8 Å². The van der Waals surface area contributed by atoms with Crippen molar-refractivity contribution in [1.29, 1.82) is 0 Å². The zero-order valence-corrected chi connectivity index (χ0v) is 6.02. The number of hydrogen-bond acceptors (Lipinski definition) is 3. The maximum atomic E-state index is 3.11. The third-order valence-electron chi connectivity index (χ3n) is 0.885. The van der Waals surface area contributed by atoms with Crippen LogP contribution in [0.3, 0.4) is 0 Å². The molecule has 0 radical (unpaired) electrons. The Balaban J connectivity index is 3.10. The molecule has 3 heteroatoms. The van der Waals surface area contributed by atoms with Crippen LogP contribution < -0.4 is 10.7 Å². The first-order chi connectivity index (χ1) is 3.66. The van der Waals surface area contributed by atoms with Gasteiger partial charge in [-0.05, 0) is 14.0 Å². The molecule has 8 heavy (non-hydrogen) atoms. The molecule has 0 aromatic carbocycles. The Kier molecular flexibility index (Phi) is 3.77. The molecule has 0 aromatic heterocycles. The van der Waals surface area contributed by atoms with Crippen LogP contribution in [0.1, 0.15) is 6.92 Å². The topological polar surface area (TPSA) is 27.3 Å². The van der Waals surface area contributed by atoms with Gasteiger partial charge in [0.15, 0.2) is 0 Å². The molecule has 0 aliphatic carbocycles. The second kappa shape index (κ2) is 3.83. The van der Waals surface area contributed by atoms with Gasteiger partial charge in [0.2, 0.25) is 0 Å². The maximum absolute atomic E-state index is 3.11. The molecule has 0 aliphatic rings. The first-order valence-corrected chi connectivity index (χ1v) is 2.77. The molecule has 50 valence electrons. The summed E-state index contributed by atoms with van der Waals surface area (Å²) in [5, 5.41) is 4.96. The van der Waals surface area contributed by atoms with Crippen LogP contribution in [0.25, 0.3) is 0 Å². The summed E-state index contributed by atoms with van der Waals surface area (Å²) in [4.78, 5) is 0. The highest BCUT2D eigenvalue weighted by atomic mass is 15.5. The fraction of sp³-hybridized carbons (Fsp3) is 1.00. The molecule has 0 bridgehead atoms. The van der Waals surface area contributed by atoms with Crippen LogP contribution in [0.15, 0.2) is 0 Å². The summed E-state index contributed by atoms with van der Waals surface area (Å²) in [6, 6.07) is 0. The predicted octanol–water partition coefficient (Wildman–Crippen LogP) is -0.382. The van der Waals surface area contributed by atoms with Crippen molar-refractivity contribution in [3.8, 4) is 0 Å². The van der Waals surface area contributed by atoms with Gasteiger partial charge in [0.05, 0.1) is 6.17 Å². The molecule has 3 nitrogen and oxygen atoms in total. The largest absolute Gasteiger partial charge is 0.304 e. The molecule has 0 rings (SSSR count). The average Bonchev–Trinajstić information content (AvgIpc) is 1.65. The van der Waals surface area contributed by atoms with Crippen molar-refractivity contribution in [3.05, 3.63) is 0 Å². The average molecular weight is 117 g/mol. The summed E-state index contributed by atoms with van der Waals surface area (Å²) >= 11 is 0. The summed E-state index contributed by atoms with van der Waals surface area (Å²) in [6.07, 6.45) is 0.352. The van der Waals surface area contributed by atoms with E-state index >= 15 is 0 Å². The summed E-state index contributed by atoms with van der Waals surface area (Å²) < 4.78 is 0. The Bertz CT molecular complexity index is 53.6. The first kappa shape index (κ1) is 7.88. The number of nitrogens with zero attached hydrogens (tertiary/aromatic N) is 1. The Morgan fingerprint density at radius 2 is 1.88 bits per heavy atom. The summed E-state index contributed by atoms with van der Waals surface area (Å²) in [5.41, 5.74) is 3.11. The van der Waals surface area contributed by atoms with Crippen molar-refractivity contribution in [2.75, 3.05) is 21.1 Å². The van der Waals surface area contributed by atoms with Crippen LogP contribution in [0.2, 0.25) is 0 Å². The minimum atomic E-state index is 0.352. The highest BCUT2D eigenvalue weighted by Crippen LogP contribution is 1.70. The molecule has 0 fully saturated rings. The van der Waals surface area contributed by atoms with Crippen molar-refractivity contribution >= 4 is 0 Å². The lowest BCUT2D eigenvalue weighted by Crippen LogP contribution is -2.44. The minimum absolute atomic E-state index is 0.352. The molecule has 0 heterocycles. The molecule has 0 amide bonds. The van der Waals surface area contributed by atoms with E-state index in [2.05, 4.69) is 17.7 Å². The van der Waals surface area contributed by atoms with Crippen LogP contribution in [0.4, 0.5) is 0 Å². The lowest BCUT2D eigenvalue weighted by molar-refractivity contribution is 0.234. The standard InChI is InChI=1S/C5H15N3/c1-5(6-2)7-8(3)4/h5-7H,1-4H3. The fourth-order valence-corrected chi connectivity index (χ4v) is 0.452. The van der Waals surface area contributed by atoms with Crippen LogP contribution in [-0.2, 0) is 0 Å². The van der Waals surface area contributed by atoms with Gasteiger partial charge in [-0.1, -0.05) is 0 Å². The van der Waals surface area contributed by atoms with E-state index in [4.69, 9.17) is 0 Å². The second-order valence-corrected chi connectivity index (χ2v) is 2.03. The summed E-state index contributed by atoms with van der Waals surface area (Å²) in [5.74, 6) is 0. The Morgan fingerprint density at radius 1 is 1.38 bits per heavy atom. The zero-order chi connectivity index (χ0) is 6.57. The van der Waals surface area contributed by atoms with Crippen LogP contribution in [0.5, 0.6) is 0 Å². The smallest absolute Gasteiger partial charge is 0.0675 e. The summed E-state index contributed by atoms with van der Waals surface area (Å²) in [6.45, 7) is 2.06. The van der Waals surface area contributed by atoms with Crippen LogP contribution in [-0.4, -0.2) is 32.3 Å². The number of hydrogen-bond donors (Lipinski definition) is 2. The van der Waals surface area contributed by atoms with Gasteiger partial charge in [0.1, 0.15) is 0 Å². The minimum Gasteiger partial charge on any atom is -0.304 e. The van der Waals surface area contributed by atoms with E-state index in [0.29, 0.717) is 6.17 Å². The monoisotopic (exact) mass is 117 g/mol. The third-order valence-corrected chi connectivity index (χ3v) is 0.885. The van der Waals surface area contributed by atoms with Gasteiger partial charge in [-0.25, -0.2) is 10.4 Å². The van der Waals surface area contributed by atoms with E-state index in [-0.39, 0.29) is 0 Å². The number of nitrogens with one attached hydrogen (secondary N) is 2. The van der Waals surface area contributed by atoms with Gasteiger partial charge in [0.25, 0.3) is 0 Å². The molecule has 1 unspecified atom stereocenters. The first-order valence-electron chi connectivity index (χ1n) is 2.77.